The molecule has 0 aromatic carbocycles. The van der Waals surface area contributed by atoms with Gasteiger partial charge >= 0.3 is 12.1 Å². The molecule has 0 aromatic heterocycles. The number of carbonyl (C=O) groups is 2. The van der Waals surface area contributed by atoms with Crippen molar-refractivity contribution in [2.75, 3.05) is 20.2 Å². The zero-order valence-corrected chi connectivity index (χ0v) is 10.7. The maximum atomic E-state index is 11.7. The predicted molar refractivity (Wildman–Crippen MR) is 65.7 cm³/mol. The molecule has 1 N–H and O–H groups in total. The lowest BCUT2D eigenvalue weighted by Crippen LogP contribution is -2.44. The van der Waals surface area contributed by atoms with Gasteiger partial charge in [0.05, 0.1) is 7.11 Å². The lowest BCUT2D eigenvalue weighted by Gasteiger charge is -2.26. The maximum Gasteiger partial charge on any atom is 0.428 e. The lowest BCUT2D eigenvalue weighted by molar-refractivity contribution is -0.146. The molecule has 6 heteroatoms. The topological polar surface area (TPSA) is 67.9 Å². The highest BCUT2D eigenvalue weighted by molar-refractivity contribution is 5.76. The number of hydrogen-bond donors (Lipinski definition) is 1. The van der Waals surface area contributed by atoms with Crippen LogP contribution in [-0.4, -0.2) is 43.2 Å². The van der Waals surface area contributed by atoms with E-state index in [9.17, 15) is 9.59 Å². The molecule has 6 nitrogen and oxygen atoms in total. The molecule has 1 unspecified atom stereocenters. The summed E-state index contributed by atoms with van der Waals surface area (Å²) >= 11 is 0. The number of likely N-dealkylation sites (tertiary alicyclic amines) is 1. The first kappa shape index (κ1) is 14.5. The van der Waals surface area contributed by atoms with Crippen LogP contribution in [0.5, 0.6) is 0 Å². The molecule has 1 amide bonds. The molecule has 102 valence electrons. The fraction of sp³-hybridized carbons (Fsp3) is 0.667. The van der Waals surface area contributed by atoms with Gasteiger partial charge in [0, 0.05) is 13.1 Å². The van der Waals surface area contributed by atoms with Crippen molar-refractivity contribution in [3.8, 4) is 0 Å². The number of amides is 1. The Morgan fingerprint density at radius 3 is 2.61 bits per heavy atom. The van der Waals surface area contributed by atoms with Crippen molar-refractivity contribution in [1.29, 1.82) is 0 Å². The molecule has 1 atom stereocenters. The van der Waals surface area contributed by atoms with Crippen LogP contribution in [0.2, 0.25) is 0 Å². The number of rotatable bonds is 5. The Bertz CT molecular complexity index is 300. The van der Waals surface area contributed by atoms with Crippen LogP contribution in [0.3, 0.4) is 0 Å². The standard InChI is InChI=1S/C12H20N2O4/c1-3-7-10(11(15)17-2)13-18-12(16)14-8-5-4-6-9-14/h3,10,13H,1,4-9H2,2H3. The molecule has 0 aliphatic carbocycles. The van der Waals surface area contributed by atoms with Gasteiger partial charge in [0.15, 0.2) is 0 Å². The van der Waals surface area contributed by atoms with E-state index in [-0.39, 0.29) is 0 Å². The van der Waals surface area contributed by atoms with E-state index in [0.717, 1.165) is 19.3 Å². The van der Waals surface area contributed by atoms with Crippen molar-refractivity contribution >= 4 is 12.1 Å². The molecule has 1 heterocycles. The van der Waals surface area contributed by atoms with E-state index in [2.05, 4.69) is 16.8 Å². The molecule has 1 aliphatic heterocycles. The molecule has 0 bridgehead atoms. The third-order valence-corrected chi connectivity index (χ3v) is 2.79. The lowest BCUT2D eigenvalue weighted by atomic mass is 10.1. The van der Waals surface area contributed by atoms with Gasteiger partial charge < -0.3 is 14.5 Å². The number of nitrogens with one attached hydrogen (secondary N) is 1. The minimum absolute atomic E-state index is 0.333. The van der Waals surface area contributed by atoms with Gasteiger partial charge in [-0.25, -0.2) is 4.79 Å². The number of methoxy groups -OCH3 is 1. The third kappa shape index (κ3) is 4.37. The molecular weight excluding hydrogens is 236 g/mol. The zero-order chi connectivity index (χ0) is 13.4. The Hall–Kier alpha value is -1.56. The van der Waals surface area contributed by atoms with Crippen LogP contribution in [0.25, 0.3) is 0 Å². The van der Waals surface area contributed by atoms with Crippen LogP contribution in [0.15, 0.2) is 12.7 Å². The number of hydrogen-bond acceptors (Lipinski definition) is 5. The SMILES string of the molecule is C=CCC(NOC(=O)N1CCCCC1)C(=O)OC. The second-order valence-corrected chi connectivity index (χ2v) is 4.13. The van der Waals surface area contributed by atoms with E-state index in [1.807, 2.05) is 0 Å². The summed E-state index contributed by atoms with van der Waals surface area (Å²) in [6.45, 7) is 4.93. The largest absolute Gasteiger partial charge is 0.468 e. The molecule has 1 rings (SSSR count). The van der Waals surface area contributed by atoms with E-state index in [4.69, 9.17) is 4.84 Å². The predicted octanol–water partition coefficient (Wildman–Crippen LogP) is 1.23. The summed E-state index contributed by atoms with van der Waals surface area (Å²) in [6, 6.07) is -0.707. The minimum Gasteiger partial charge on any atom is -0.468 e. The maximum absolute atomic E-state index is 11.7. The molecule has 1 saturated heterocycles. The fourth-order valence-electron chi connectivity index (χ4n) is 1.76. The first-order valence-corrected chi connectivity index (χ1v) is 6.09. The Morgan fingerprint density at radius 2 is 2.06 bits per heavy atom. The van der Waals surface area contributed by atoms with Gasteiger partial charge in [-0.1, -0.05) is 6.08 Å². The number of hydroxylamine groups is 1. The van der Waals surface area contributed by atoms with Crippen LogP contribution in [0, 0.1) is 0 Å². The second kappa shape index (κ2) is 7.71. The molecule has 1 aliphatic rings. The Kier molecular flexibility index (Phi) is 6.21. The van der Waals surface area contributed by atoms with E-state index >= 15 is 0 Å². The van der Waals surface area contributed by atoms with Gasteiger partial charge in [0.2, 0.25) is 0 Å². The van der Waals surface area contributed by atoms with Crippen molar-refractivity contribution in [2.24, 2.45) is 0 Å². The molecule has 18 heavy (non-hydrogen) atoms. The van der Waals surface area contributed by atoms with Crippen LogP contribution in [0.1, 0.15) is 25.7 Å². The fourth-order valence-corrected chi connectivity index (χ4v) is 1.76. The van der Waals surface area contributed by atoms with Crippen LogP contribution in [-0.2, 0) is 14.4 Å². The minimum atomic E-state index is -0.707. The highest BCUT2D eigenvalue weighted by Gasteiger charge is 2.22. The normalized spacial score (nSPS) is 16.8. The van der Waals surface area contributed by atoms with Gasteiger partial charge in [0.25, 0.3) is 0 Å². The van der Waals surface area contributed by atoms with Gasteiger partial charge in [-0.05, 0) is 25.7 Å². The first-order chi connectivity index (χ1) is 8.69. The van der Waals surface area contributed by atoms with Crippen molar-refractivity contribution < 1.29 is 19.2 Å². The van der Waals surface area contributed by atoms with Crippen LogP contribution < -0.4 is 5.48 Å². The van der Waals surface area contributed by atoms with Crippen LogP contribution in [0.4, 0.5) is 4.79 Å². The zero-order valence-electron chi connectivity index (χ0n) is 10.7. The molecule has 0 spiro atoms. The summed E-state index contributed by atoms with van der Waals surface area (Å²) in [5, 5.41) is 0. The Balaban J connectivity index is 2.38. The van der Waals surface area contributed by atoms with Gasteiger partial charge in [-0.15, -0.1) is 12.1 Å². The smallest absolute Gasteiger partial charge is 0.428 e. The van der Waals surface area contributed by atoms with Crippen molar-refractivity contribution in [2.45, 2.75) is 31.7 Å². The molecule has 0 aromatic rings. The summed E-state index contributed by atoms with van der Waals surface area (Å²) in [7, 11) is 1.28. The Morgan fingerprint density at radius 1 is 1.39 bits per heavy atom. The van der Waals surface area contributed by atoms with Gasteiger partial charge in [-0.2, -0.15) is 0 Å². The van der Waals surface area contributed by atoms with Gasteiger partial charge in [0.1, 0.15) is 6.04 Å². The second-order valence-electron chi connectivity index (χ2n) is 4.13. The summed E-state index contributed by atoms with van der Waals surface area (Å²) < 4.78 is 4.59. The molecular formula is C12H20N2O4. The highest BCUT2D eigenvalue weighted by atomic mass is 16.7. The third-order valence-electron chi connectivity index (χ3n) is 2.79. The molecule has 0 radical (unpaired) electrons. The number of nitrogens with zero attached hydrogens (tertiary/aromatic N) is 1. The summed E-state index contributed by atoms with van der Waals surface area (Å²) in [6.07, 6.45) is 4.55. The number of ether oxygens (including phenoxy) is 1. The average Bonchev–Trinajstić information content (AvgIpc) is 2.43. The summed E-state index contributed by atoms with van der Waals surface area (Å²) in [4.78, 5) is 29.6. The van der Waals surface area contributed by atoms with Crippen molar-refractivity contribution in [3.63, 3.8) is 0 Å². The van der Waals surface area contributed by atoms with Crippen molar-refractivity contribution in [1.82, 2.24) is 10.4 Å². The van der Waals surface area contributed by atoms with Gasteiger partial charge in [-0.3, -0.25) is 4.79 Å². The monoisotopic (exact) mass is 256 g/mol. The molecule has 1 fully saturated rings. The first-order valence-electron chi connectivity index (χ1n) is 6.09. The summed E-state index contributed by atoms with van der Waals surface area (Å²) in [5.74, 6) is -0.485. The Labute approximate surface area is 107 Å². The number of carbonyl (C=O) groups excluding carboxylic acids is 2. The highest BCUT2D eigenvalue weighted by Crippen LogP contribution is 2.09. The molecule has 0 saturated carbocycles. The summed E-state index contributed by atoms with van der Waals surface area (Å²) in [5.41, 5.74) is 2.43. The van der Waals surface area contributed by atoms with E-state index < -0.39 is 18.1 Å². The van der Waals surface area contributed by atoms with E-state index in [1.54, 1.807) is 11.0 Å². The average molecular weight is 256 g/mol. The van der Waals surface area contributed by atoms with Crippen LogP contribution >= 0.6 is 0 Å². The van der Waals surface area contributed by atoms with Crippen molar-refractivity contribution in [3.05, 3.63) is 12.7 Å². The van der Waals surface area contributed by atoms with E-state index in [0.29, 0.717) is 19.5 Å². The number of piperidine rings is 1. The number of esters is 1. The van der Waals surface area contributed by atoms with E-state index in [1.165, 1.54) is 7.11 Å². The quantitative estimate of drug-likeness (QED) is 0.455.